The Labute approximate surface area is 152 Å². The van der Waals surface area contributed by atoms with E-state index >= 15 is 0 Å². The minimum absolute atomic E-state index is 0.0861. The van der Waals surface area contributed by atoms with Crippen LogP contribution in [0.3, 0.4) is 0 Å². The standard InChI is InChI=1S/C18H24O8/c1-5-24-16(20)13(17(21)25-6-2)9-11-8-12(23-4)10-14(19)15(11)18(22)26-7-3/h8,10,13,19H,5-7,9H2,1-4H3. The molecule has 1 aromatic carbocycles. The van der Waals surface area contributed by atoms with Gasteiger partial charge in [0.2, 0.25) is 0 Å². The minimum atomic E-state index is -1.28. The van der Waals surface area contributed by atoms with Crippen LogP contribution in [0.25, 0.3) is 0 Å². The molecule has 1 N–H and O–H groups in total. The van der Waals surface area contributed by atoms with Crippen molar-refractivity contribution >= 4 is 17.9 Å². The van der Waals surface area contributed by atoms with Crippen LogP contribution >= 0.6 is 0 Å². The molecule has 0 saturated heterocycles. The Balaban J connectivity index is 3.35. The molecule has 26 heavy (non-hydrogen) atoms. The van der Waals surface area contributed by atoms with Crippen molar-refractivity contribution in [3.63, 3.8) is 0 Å². The molecule has 8 heteroatoms. The Morgan fingerprint density at radius 3 is 1.96 bits per heavy atom. The number of methoxy groups -OCH3 is 1. The zero-order chi connectivity index (χ0) is 19.7. The molecule has 0 bridgehead atoms. The highest BCUT2D eigenvalue weighted by atomic mass is 16.6. The molecular weight excluding hydrogens is 344 g/mol. The maximum atomic E-state index is 12.2. The van der Waals surface area contributed by atoms with E-state index < -0.39 is 23.8 Å². The fraction of sp³-hybridized carbons (Fsp3) is 0.500. The van der Waals surface area contributed by atoms with Crippen molar-refractivity contribution in [3.05, 3.63) is 23.3 Å². The summed E-state index contributed by atoms with van der Waals surface area (Å²) in [5, 5.41) is 10.2. The van der Waals surface area contributed by atoms with Gasteiger partial charge in [-0.2, -0.15) is 0 Å². The molecular formula is C18H24O8. The second-order valence-corrected chi connectivity index (χ2v) is 5.16. The van der Waals surface area contributed by atoms with Gasteiger partial charge < -0.3 is 24.1 Å². The highest BCUT2D eigenvalue weighted by molar-refractivity contribution is 5.97. The smallest absolute Gasteiger partial charge is 0.342 e. The Morgan fingerprint density at radius 2 is 1.50 bits per heavy atom. The molecule has 1 rings (SSSR count). The van der Waals surface area contributed by atoms with Gasteiger partial charge in [0.25, 0.3) is 0 Å². The molecule has 0 amide bonds. The van der Waals surface area contributed by atoms with E-state index in [-0.39, 0.29) is 48.9 Å². The van der Waals surface area contributed by atoms with Gasteiger partial charge in [0.05, 0.1) is 26.9 Å². The SMILES string of the molecule is CCOC(=O)c1c(O)cc(OC)cc1CC(C(=O)OCC)C(=O)OCC. The van der Waals surface area contributed by atoms with Gasteiger partial charge in [-0.1, -0.05) is 0 Å². The summed E-state index contributed by atoms with van der Waals surface area (Å²) in [5.41, 5.74) is 0.0812. The van der Waals surface area contributed by atoms with Gasteiger partial charge in [-0.05, 0) is 38.8 Å². The van der Waals surface area contributed by atoms with Gasteiger partial charge in [0.15, 0.2) is 5.92 Å². The van der Waals surface area contributed by atoms with Crippen molar-refractivity contribution in [3.8, 4) is 11.5 Å². The Bertz CT molecular complexity index is 635. The quantitative estimate of drug-likeness (QED) is 0.400. The van der Waals surface area contributed by atoms with Gasteiger partial charge >= 0.3 is 17.9 Å². The lowest BCUT2D eigenvalue weighted by Crippen LogP contribution is -2.30. The highest BCUT2D eigenvalue weighted by Gasteiger charge is 2.32. The number of benzene rings is 1. The van der Waals surface area contributed by atoms with E-state index in [0.29, 0.717) is 0 Å². The Morgan fingerprint density at radius 1 is 0.962 bits per heavy atom. The van der Waals surface area contributed by atoms with Crippen LogP contribution in [0, 0.1) is 5.92 Å². The molecule has 0 aromatic heterocycles. The van der Waals surface area contributed by atoms with Crippen molar-refractivity contribution in [2.75, 3.05) is 26.9 Å². The minimum Gasteiger partial charge on any atom is -0.507 e. The van der Waals surface area contributed by atoms with Gasteiger partial charge in [0, 0.05) is 6.07 Å². The molecule has 0 atom stereocenters. The van der Waals surface area contributed by atoms with Crippen LogP contribution in [-0.4, -0.2) is 49.9 Å². The van der Waals surface area contributed by atoms with Crippen LogP contribution < -0.4 is 4.74 Å². The molecule has 0 spiro atoms. The van der Waals surface area contributed by atoms with E-state index in [1.165, 1.54) is 19.2 Å². The van der Waals surface area contributed by atoms with Crippen LogP contribution in [-0.2, 0) is 30.2 Å². The largest absolute Gasteiger partial charge is 0.507 e. The summed E-state index contributed by atoms with van der Waals surface area (Å²) in [6.45, 7) is 5.12. The second-order valence-electron chi connectivity index (χ2n) is 5.16. The molecule has 0 heterocycles. The van der Waals surface area contributed by atoms with Gasteiger partial charge in [-0.25, -0.2) is 4.79 Å². The van der Waals surface area contributed by atoms with E-state index in [2.05, 4.69) is 0 Å². The predicted octanol–water partition coefficient (Wildman–Crippen LogP) is 1.86. The Kier molecular flexibility index (Phi) is 8.41. The lowest BCUT2D eigenvalue weighted by molar-refractivity contribution is -0.161. The molecule has 0 radical (unpaired) electrons. The average molecular weight is 368 g/mol. The number of rotatable bonds is 9. The first kappa shape index (κ1) is 21.3. The normalized spacial score (nSPS) is 10.3. The van der Waals surface area contributed by atoms with Crippen molar-refractivity contribution in [2.24, 2.45) is 5.92 Å². The van der Waals surface area contributed by atoms with E-state index in [4.69, 9.17) is 18.9 Å². The predicted molar refractivity (Wildman–Crippen MR) is 91.1 cm³/mol. The summed E-state index contributed by atoms with van der Waals surface area (Å²) in [6, 6.07) is 2.71. The van der Waals surface area contributed by atoms with Gasteiger partial charge in [0.1, 0.15) is 17.1 Å². The summed E-state index contributed by atoms with van der Waals surface area (Å²) in [4.78, 5) is 36.6. The molecule has 0 aliphatic carbocycles. The molecule has 0 fully saturated rings. The number of carbonyl (C=O) groups is 3. The topological polar surface area (TPSA) is 108 Å². The van der Waals surface area contributed by atoms with Crippen molar-refractivity contribution in [1.82, 2.24) is 0 Å². The fourth-order valence-electron chi connectivity index (χ4n) is 2.34. The average Bonchev–Trinajstić information content (AvgIpc) is 2.59. The molecule has 144 valence electrons. The summed E-state index contributed by atoms with van der Waals surface area (Å²) >= 11 is 0. The van der Waals surface area contributed by atoms with Crippen molar-refractivity contribution in [1.29, 1.82) is 0 Å². The van der Waals surface area contributed by atoms with Gasteiger partial charge in [-0.3, -0.25) is 9.59 Å². The molecule has 0 saturated carbocycles. The first-order chi connectivity index (χ1) is 12.4. The lowest BCUT2D eigenvalue weighted by atomic mass is 9.94. The summed E-state index contributed by atoms with van der Waals surface area (Å²) in [7, 11) is 1.39. The van der Waals surface area contributed by atoms with E-state index in [1.54, 1.807) is 20.8 Å². The zero-order valence-corrected chi connectivity index (χ0v) is 15.4. The third-order valence-corrected chi connectivity index (χ3v) is 3.45. The molecule has 1 aromatic rings. The number of phenols is 1. The number of phenolic OH excluding ortho intramolecular Hbond substituents is 1. The third kappa shape index (κ3) is 5.37. The van der Waals surface area contributed by atoms with Crippen LogP contribution in [0.5, 0.6) is 11.5 Å². The lowest BCUT2D eigenvalue weighted by Gasteiger charge is -2.17. The zero-order valence-electron chi connectivity index (χ0n) is 15.4. The molecule has 0 aliphatic rings. The molecule has 8 nitrogen and oxygen atoms in total. The van der Waals surface area contributed by atoms with Crippen molar-refractivity contribution < 1.29 is 38.4 Å². The number of carbonyl (C=O) groups excluding carboxylic acids is 3. The van der Waals surface area contributed by atoms with Crippen LogP contribution in [0.4, 0.5) is 0 Å². The highest BCUT2D eigenvalue weighted by Crippen LogP contribution is 2.31. The molecule has 0 unspecified atom stereocenters. The summed E-state index contributed by atoms with van der Waals surface area (Å²) in [5.74, 6) is -3.71. The first-order valence-electron chi connectivity index (χ1n) is 8.29. The van der Waals surface area contributed by atoms with E-state index in [1.807, 2.05) is 0 Å². The maximum absolute atomic E-state index is 12.2. The maximum Gasteiger partial charge on any atom is 0.342 e. The third-order valence-electron chi connectivity index (χ3n) is 3.45. The van der Waals surface area contributed by atoms with Crippen molar-refractivity contribution in [2.45, 2.75) is 27.2 Å². The van der Waals surface area contributed by atoms with Crippen LogP contribution in [0.1, 0.15) is 36.7 Å². The number of hydrogen-bond donors (Lipinski definition) is 1. The first-order valence-corrected chi connectivity index (χ1v) is 8.29. The van der Waals surface area contributed by atoms with E-state index in [9.17, 15) is 19.5 Å². The summed E-state index contributed by atoms with van der Waals surface area (Å²) < 4.78 is 19.9. The molecule has 0 aliphatic heterocycles. The second kappa shape index (κ2) is 10.3. The van der Waals surface area contributed by atoms with Crippen LogP contribution in [0.15, 0.2) is 12.1 Å². The summed E-state index contributed by atoms with van der Waals surface area (Å²) in [6.07, 6.45) is -0.212. The number of esters is 3. The monoisotopic (exact) mass is 368 g/mol. The Hall–Kier alpha value is -2.77. The number of hydrogen-bond acceptors (Lipinski definition) is 8. The van der Waals surface area contributed by atoms with E-state index in [0.717, 1.165) is 0 Å². The van der Waals surface area contributed by atoms with Gasteiger partial charge in [-0.15, -0.1) is 0 Å². The number of ether oxygens (including phenoxy) is 4. The number of aromatic hydroxyl groups is 1. The van der Waals surface area contributed by atoms with Crippen LogP contribution in [0.2, 0.25) is 0 Å². The fourth-order valence-corrected chi connectivity index (χ4v) is 2.34.